The minimum atomic E-state index is -0.369. The van der Waals surface area contributed by atoms with E-state index in [0.29, 0.717) is 17.1 Å². The molecule has 0 spiro atoms. The first-order chi connectivity index (χ1) is 12.1. The summed E-state index contributed by atoms with van der Waals surface area (Å²) in [4.78, 5) is 20.9. The molecular weight excluding hydrogens is 316 g/mol. The molecule has 0 aliphatic heterocycles. The Morgan fingerprint density at radius 3 is 2.08 bits per heavy atom. The Morgan fingerprint density at radius 2 is 1.48 bits per heavy atom. The minimum Gasteiger partial charge on any atom is -0.465 e. The van der Waals surface area contributed by atoms with E-state index in [2.05, 4.69) is 23.6 Å². The smallest absolute Gasteiger partial charge is 0.337 e. The van der Waals surface area contributed by atoms with Crippen LogP contribution in [0, 0.1) is 0 Å². The molecule has 0 radical (unpaired) electrons. The molecule has 1 aromatic heterocycles. The van der Waals surface area contributed by atoms with Gasteiger partial charge in [-0.15, -0.1) is 0 Å². The number of carbonyl (C=O) groups excluding carboxylic acids is 1. The fraction of sp³-hybridized carbons (Fsp3) is 0.250. The van der Waals surface area contributed by atoms with Crippen LogP contribution in [0.4, 0.5) is 0 Å². The monoisotopic (exact) mass is 336 g/mol. The summed E-state index contributed by atoms with van der Waals surface area (Å²) in [5, 5.41) is 0. The molecule has 0 N–H and O–H groups in total. The normalized spacial score (nSPS) is 10.7. The van der Waals surface area contributed by atoms with Crippen LogP contribution in [-0.4, -0.2) is 23.0 Å². The van der Waals surface area contributed by atoms with E-state index in [1.807, 2.05) is 18.2 Å². The van der Waals surface area contributed by atoms with E-state index >= 15 is 0 Å². The zero-order chi connectivity index (χ0) is 17.8. The van der Waals surface area contributed by atoms with E-state index < -0.39 is 0 Å². The molecule has 128 valence electrons. The van der Waals surface area contributed by atoms with Gasteiger partial charge in [0.25, 0.3) is 0 Å². The fourth-order valence-corrected chi connectivity index (χ4v) is 2.65. The molecule has 0 atom stereocenters. The van der Waals surface area contributed by atoms with Crippen molar-refractivity contribution in [1.82, 2.24) is 9.97 Å². The van der Waals surface area contributed by atoms with Gasteiger partial charge in [-0.25, -0.2) is 14.8 Å². The molecule has 0 unspecified atom stereocenters. The quantitative estimate of drug-likeness (QED) is 0.649. The van der Waals surface area contributed by atoms with Gasteiger partial charge < -0.3 is 9.47 Å². The van der Waals surface area contributed by atoms with E-state index in [4.69, 9.17) is 9.72 Å². The van der Waals surface area contributed by atoms with Gasteiger partial charge in [-0.1, -0.05) is 13.8 Å². The number of hydrogen-bond acceptors (Lipinski definition) is 5. The summed E-state index contributed by atoms with van der Waals surface area (Å²) < 4.78 is 10.6. The van der Waals surface area contributed by atoms with Crippen LogP contribution in [0.3, 0.4) is 0 Å². The molecule has 0 fully saturated rings. The van der Waals surface area contributed by atoms with E-state index in [0.717, 1.165) is 35.3 Å². The van der Waals surface area contributed by atoms with E-state index in [-0.39, 0.29) is 5.97 Å². The maximum atomic E-state index is 11.5. The average Bonchev–Trinajstić information content (AvgIpc) is 2.66. The van der Waals surface area contributed by atoms with Gasteiger partial charge in [0, 0.05) is 6.07 Å². The van der Waals surface area contributed by atoms with Crippen LogP contribution in [-0.2, 0) is 17.6 Å². The highest BCUT2D eigenvalue weighted by Crippen LogP contribution is 2.25. The third kappa shape index (κ3) is 3.60. The summed E-state index contributed by atoms with van der Waals surface area (Å²) in [7, 11) is 1.36. The molecule has 0 saturated heterocycles. The maximum Gasteiger partial charge on any atom is 0.337 e. The highest BCUT2D eigenvalue weighted by atomic mass is 16.5. The average molecular weight is 336 g/mol. The van der Waals surface area contributed by atoms with Gasteiger partial charge in [-0.05, 0) is 49.2 Å². The van der Waals surface area contributed by atoms with Crippen LogP contribution < -0.4 is 4.74 Å². The third-order valence-corrected chi connectivity index (χ3v) is 3.97. The van der Waals surface area contributed by atoms with Crippen LogP contribution in [0.5, 0.6) is 11.5 Å². The Hall–Kier alpha value is -2.95. The molecule has 25 heavy (non-hydrogen) atoms. The summed E-state index contributed by atoms with van der Waals surface area (Å²) >= 11 is 0. The van der Waals surface area contributed by atoms with Gasteiger partial charge in [0.05, 0.1) is 35.1 Å². The van der Waals surface area contributed by atoms with Crippen molar-refractivity contribution in [2.75, 3.05) is 7.11 Å². The van der Waals surface area contributed by atoms with Gasteiger partial charge >= 0.3 is 5.97 Å². The second-order valence-electron chi connectivity index (χ2n) is 5.59. The lowest BCUT2D eigenvalue weighted by Crippen LogP contribution is -2.01. The van der Waals surface area contributed by atoms with Crippen molar-refractivity contribution in [2.24, 2.45) is 0 Å². The minimum absolute atomic E-state index is 0.369. The van der Waals surface area contributed by atoms with Crippen LogP contribution in [0.15, 0.2) is 42.5 Å². The fourth-order valence-electron chi connectivity index (χ4n) is 2.65. The van der Waals surface area contributed by atoms with E-state index in [9.17, 15) is 4.79 Å². The largest absolute Gasteiger partial charge is 0.465 e. The number of carbonyl (C=O) groups is 1. The molecule has 2 aromatic carbocycles. The van der Waals surface area contributed by atoms with Crippen molar-refractivity contribution in [3.8, 4) is 11.5 Å². The Bertz CT molecular complexity index is 905. The molecule has 0 aliphatic rings. The molecule has 0 bridgehead atoms. The zero-order valence-electron chi connectivity index (χ0n) is 14.6. The van der Waals surface area contributed by atoms with Crippen molar-refractivity contribution in [1.29, 1.82) is 0 Å². The summed E-state index contributed by atoms with van der Waals surface area (Å²) in [6, 6.07) is 12.5. The van der Waals surface area contributed by atoms with Crippen LogP contribution in [0.25, 0.3) is 11.0 Å². The lowest BCUT2D eigenvalue weighted by Gasteiger charge is -2.09. The second kappa shape index (κ2) is 7.30. The van der Waals surface area contributed by atoms with Crippen LogP contribution >= 0.6 is 0 Å². The Balaban J connectivity index is 1.87. The number of hydrogen-bond donors (Lipinski definition) is 0. The molecule has 0 aliphatic carbocycles. The summed E-state index contributed by atoms with van der Waals surface area (Å²) in [5.74, 6) is 0.950. The van der Waals surface area contributed by atoms with Gasteiger partial charge in [-0.3, -0.25) is 0 Å². The Kier molecular flexibility index (Phi) is 4.93. The van der Waals surface area contributed by atoms with Crippen molar-refractivity contribution < 1.29 is 14.3 Å². The van der Waals surface area contributed by atoms with Crippen molar-refractivity contribution in [3.05, 3.63) is 59.4 Å². The Morgan fingerprint density at radius 1 is 0.880 bits per heavy atom. The van der Waals surface area contributed by atoms with Gasteiger partial charge in [-0.2, -0.15) is 0 Å². The molecule has 0 saturated carbocycles. The van der Waals surface area contributed by atoms with E-state index in [1.54, 1.807) is 24.3 Å². The first kappa shape index (κ1) is 16.9. The molecule has 0 amide bonds. The molecular formula is C20H20N2O3. The number of nitrogens with zero attached hydrogens (tertiary/aromatic N) is 2. The van der Waals surface area contributed by atoms with Crippen LogP contribution in [0.1, 0.15) is 35.6 Å². The lowest BCUT2D eigenvalue weighted by atomic mass is 10.2. The van der Waals surface area contributed by atoms with Gasteiger partial charge in [0.15, 0.2) is 0 Å². The topological polar surface area (TPSA) is 61.3 Å². The first-order valence-corrected chi connectivity index (χ1v) is 8.30. The number of rotatable bonds is 5. The molecule has 3 rings (SSSR count). The maximum absolute atomic E-state index is 11.5. The second-order valence-corrected chi connectivity index (χ2v) is 5.59. The summed E-state index contributed by atoms with van der Waals surface area (Å²) in [6.07, 6.45) is 1.73. The van der Waals surface area contributed by atoms with Crippen molar-refractivity contribution >= 4 is 17.0 Å². The predicted octanol–water partition coefficient (Wildman–Crippen LogP) is 4.33. The standard InChI is InChI=1S/C20H20N2O3/c1-4-16-17(5-2)22-19-12-15(10-11-18(19)21-16)25-14-8-6-13(7-9-14)20(23)24-3/h6-12H,4-5H2,1-3H3. The van der Waals surface area contributed by atoms with E-state index in [1.165, 1.54) is 7.11 Å². The molecule has 5 nitrogen and oxygen atoms in total. The summed E-state index contributed by atoms with van der Waals surface area (Å²) in [5.41, 5.74) is 4.23. The zero-order valence-corrected chi connectivity index (χ0v) is 14.6. The number of benzene rings is 2. The molecule has 3 aromatic rings. The highest BCUT2D eigenvalue weighted by Gasteiger charge is 2.08. The number of ether oxygens (including phenoxy) is 2. The number of methoxy groups -OCH3 is 1. The molecule has 5 heteroatoms. The third-order valence-electron chi connectivity index (χ3n) is 3.97. The predicted molar refractivity (Wildman–Crippen MR) is 96.1 cm³/mol. The Labute approximate surface area is 146 Å². The number of aryl methyl sites for hydroxylation is 2. The highest BCUT2D eigenvalue weighted by molar-refractivity contribution is 5.89. The number of fused-ring (bicyclic) bond motifs is 1. The number of esters is 1. The first-order valence-electron chi connectivity index (χ1n) is 8.30. The molecule has 1 heterocycles. The van der Waals surface area contributed by atoms with Crippen molar-refractivity contribution in [3.63, 3.8) is 0 Å². The van der Waals surface area contributed by atoms with Gasteiger partial charge in [0.2, 0.25) is 0 Å². The summed E-state index contributed by atoms with van der Waals surface area (Å²) in [6.45, 7) is 4.17. The SMILES string of the molecule is CCc1nc2ccc(Oc3ccc(C(=O)OC)cc3)cc2nc1CC. The van der Waals surface area contributed by atoms with Gasteiger partial charge in [0.1, 0.15) is 11.5 Å². The van der Waals surface area contributed by atoms with Crippen molar-refractivity contribution in [2.45, 2.75) is 26.7 Å². The number of aromatic nitrogens is 2. The van der Waals surface area contributed by atoms with Crippen LogP contribution in [0.2, 0.25) is 0 Å². The lowest BCUT2D eigenvalue weighted by molar-refractivity contribution is 0.0600.